The molecule has 0 saturated carbocycles. The molecule has 3 heterocycles. The summed E-state index contributed by atoms with van der Waals surface area (Å²) in [5, 5.41) is 6.04. The van der Waals surface area contributed by atoms with Crippen molar-refractivity contribution >= 4 is 17.1 Å². The highest BCUT2D eigenvalue weighted by Crippen LogP contribution is 2.31. The van der Waals surface area contributed by atoms with Gasteiger partial charge in [-0.15, -0.1) is 0 Å². The van der Waals surface area contributed by atoms with Gasteiger partial charge in [-0.05, 0) is 54.8 Å². The predicted molar refractivity (Wildman–Crippen MR) is 112 cm³/mol. The predicted octanol–water partition coefficient (Wildman–Crippen LogP) is 3.48. The van der Waals surface area contributed by atoms with Crippen molar-refractivity contribution in [1.29, 1.82) is 0 Å². The van der Waals surface area contributed by atoms with E-state index in [-0.39, 0.29) is 17.5 Å². The Balaban J connectivity index is 1.73. The number of hydrogen-bond acceptors (Lipinski definition) is 3. The summed E-state index contributed by atoms with van der Waals surface area (Å²) in [7, 11) is 0. The number of carbonyl (C=O) groups excluding carboxylic acids is 1. The molecule has 2 aromatic rings. The van der Waals surface area contributed by atoms with E-state index in [0.29, 0.717) is 41.8 Å². The third kappa shape index (κ3) is 4.80. The first-order valence-corrected chi connectivity index (χ1v) is 10.1. The van der Waals surface area contributed by atoms with Crippen LogP contribution in [0.15, 0.2) is 53.3 Å². The summed E-state index contributed by atoms with van der Waals surface area (Å²) >= 11 is 0. The van der Waals surface area contributed by atoms with E-state index in [1.54, 1.807) is 18.2 Å². The second kappa shape index (κ2) is 8.55. The number of aromatic nitrogens is 1. The van der Waals surface area contributed by atoms with Crippen LogP contribution in [0.2, 0.25) is 0 Å². The van der Waals surface area contributed by atoms with Crippen molar-refractivity contribution < 1.29 is 18.0 Å². The Labute approximate surface area is 177 Å². The highest BCUT2D eigenvalue weighted by atomic mass is 19.4. The van der Waals surface area contributed by atoms with Crippen molar-refractivity contribution in [2.24, 2.45) is 0 Å². The number of H-pyrrole nitrogens is 1. The minimum absolute atomic E-state index is 0.0743. The quantitative estimate of drug-likeness (QED) is 0.697. The summed E-state index contributed by atoms with van der Waals surface area (Å²) in [5.74, 6) is -0.0743. The Hall–Kier alpha value is -3.13. The maximum Gasteiger partial charge on any atom is 0.416 e. The SMILES string of the molecule is O=C1CC[C@H](C=C(c2ccc(C(F)(F)F)cc2)c2ccc(C3=CCNCC3)c(=O)[nH]2)N1. The van der Waals surface area contributed by atoms with Gasteiger partial charge in [0.05, 0.1) is 5.56 Å². The minimum atomic E-state index is -4.43. The van der Waals surface area contributed by atoms with E-state index in [2.05, 4.69) is 15.6 Å². The van der Waals surface area contributed by atoms with Gasteiger partial charge in [0.1, 0.15) is 0 Å². The van der Waals surface area contributed by atoms with Crippen LogP contribution in [0.25, 0.3) is 11.1 Å². The molecule has 1 amide bonds. The fraction of sp³-hybridized carbons (Fsp3) is 0.304. The monoisotopic (exact) mass is 429 g/mol. The molecule has 0 aliphatic carbocycles. The Morgan fingerprint density at radius 2 is 1.81 bits per heavy atom. The van der Waals surface area contributed by atoms with Crippen LogP contribution in [0.1, 0.15) is 41.6 Å². The molecule has 1 saturated heterocycles. The lowest BCUT2D eigenvalue weighted by molar-refractivity contribution is -0.137. The largest absolute Gasteiger partial charge is 0.416 e. The third-order valence-electron chi connectivity index (χ3n) is 5.53. The van der Waals surface area contributed by atoms with Crippen molar-refractivity contribution in [3.8, 4) is 0 Å². The van der Waals surface area contributed by atoms with E-state index < -0.39 is 11.7 Å². The number of nitrogens with one attached hydrogen (secondary N) is 3. The topological polar surface area (TPSA) is 74.0 Å². The highest BCUT2D eigenvalue weighted by molar-refractivity contribution is 5.82. The van der Waals surface area contributed by atoms with Crippen molar-refractivity contribution in [3.63, 3.8) is 0 Å². The molecular weight excluding hydrogens is 407 g/mol. The van der Waals surface area contributed by atoms with E-state index in [1.807, 2.05) is 6.08 Å². The molecule has 0 bridgehead atoms. The van der Waals surface area contributed by atoms with E-state index in [1.165, 1.54) is 12.1 Å². The smallest absolute Gasteiger partial charge is 0.350 e. The van der Waals surface area contributed by atoms with Gasteiger partial charge in [-0.1, -0.05) is 24.3 Å². The highest BCUT2D eigenvalue weighted by Gasteiger charge is 2.30. The van der Waals surface area contributed by atoms with Crippen LogP contribution in [0.5, 0.6) is 0 Å². The summed E-state index contributed by atoms with van der Waals surface area (Å²) in [6.07, 6.45) is 1.07. The van der Waals surface area contributed by atoms with Crippen LogP contribution >= 0.6 is 0 Å². The van der Waals surface area contributed by atoms with E-state index in [4.69, 9.17) is 0 Å². The number of halogens is 3. The van der Waals surface area contributed by atoms with E-state index >= 15 is 0 Å². The number of benzene rings is 1. The Morgan fingerprint density at radius 1 is 1.03 bits per heavy atom. The molecule has 3 N–H and O–H groups in total. The number of aromatic amines is 1. The summed E-state index contributed by atoms with van der Waals surface area (Å²) in [6, 6.07) is 8.06. The number of carbonyl (C=O) groups is 1. The van der Waals surface area contributed by atoms with Gasteiger partial charge in [0.2, 0.25) is 5.91 Å². The fourth-order valence-corrected chi connectivity index (χ4v) is 3.89. The molecule has 1 fully saturated rings. The number of pyridine rings is 1. The molecule has 0 unspecified atom stereocenters. The molecule has 2 aliphatic heterocycles. The van der Waals surface area contributed by atoms with Crippen molar-refractivity contribution in [1.82, 2.24) is 15.6 Å². The van der Waals surface area contributed by atoms with Crippen LogP contribution in [0.4, 0.5) is 13.2 Å². The van der Waals surface area contributed by atoms with E-state index in [0.717, 1.165) is 30.7 Å². The molecule has 1 atom stereocenters. The zero-order chi connectivity index (χ0) is 22.0. The van der Waals surface area contributed by atoms with Crippen molar-refractivity contribution in [2.75, 3.05) is 13.1 Å². The maximum atomic E-state index is 13.0. The number of amides is 1. The van der Waals surface area contributed by atoms with Crippen LogP contribution < -0.4 is 16.2 Å². The molecule has 8 heteroatoms. The molecular formula is C23H22F3N3O2. The van der Waals surface area contributed by atoms with Gasteiger partial charge in [-0.25, -0.2) is 0 Å². The summed E-state index contributed by atoms with van der Waals surface area (Å²) < 4.78 is 38.9. The van der Waals surface area contributed by atoms with Crippen LogP contribution in [0.3, 0.4) is 0 Å². The van der Waals surface area contributed by atoms with Gasteiger partial charge >= 0.3 is 6.18 Å². The standard InChI is InChI=1S/C23H22F3N3O2/c24-23(25,26)16-3-1-14(2-4-16)19(13-17-5-8-21(30)28-17)20-7-6-18(22(31)29-20)15-9-11-27-12-10-15/h1-4,6-7,9,13,17,27H,5,8,10-12H2,(H,28,30)(H,29,31)/t17-/m1/s1. The zero-order valence-electron chi connectivity index (χ0n) is 16.7. The number of alkyl halides is 3. The Morgan fingerprint density at radius 3 is 2.39 bits per heavy atom. The first-order chi connectivity index (χ1) is 14.8. The van der Waals surface area contributed by atoms with Crippen LogP contribution in [0, 0.1) is 0 Å². The maximum absolute atomic E-state index is 13.0. The average Bonchev–Trinajstić information content (AvgIpc) is 3.17. The fourth-order valence-electron chi connectivity index (χ4n) is 3.89. The van der Waals surface area contributed by atoms with Gasteiger partial charge in [0.15, 0.2) is 0 Å². The van der Waals surface area contributed by atoms with Gasteiger partial charge in [-0.2, -0.15) is 13.2 Å². The second-order valence-corrected chi connectivity index (χ2v) is 7.67. The molecule has 5 nitrogen and oxygen atoms in total. The molecule has 162 valence electrons. The number of rotatable bonds is 4. The van der Waals surface area contributed by atoms with Crippen LogP contribution in [-0.4, -0.2) is 30.0 Å². The first-order valence-electron chi connectivity index (χ1n) is 10.1. The lowest BCUT2D eigenvalue weighted by Gasteiger charge is -2.16. The van der Waals surface area contributed by atoms with Gasteiger partial charge in [0, 0.05) is 35.8 Å². The van der Waals surface area contributed by atoms with E-state index in [9.17, 15) is 22.8 Å². The normalized spacial score (nSPS) is 19.8. The minimum Gasteiger partial charge on any atom is -0.350 e. The Kier molecular flexibility index (Phi) is 5.82. The van der Waals surface area contributed by atoms with Gasteiger partial charge < -0.3 is 15.6 Å². The molecule has 1 aromatic carbocycles. The lowest BCUT2D eigenvalue weighted by atomic mass is 9.96. The molecule has 31 heavy (non-hydrogen) atoms. The van der Waals surface area contributed by atoms with Crippen molar-refractivity contribution in [3.05, 3.63) is 81.3 Å². The van der Waals surface area contributed by atoms with Gasteiger partial charge in [-0.3, -0.25) is 9.59 Å². The number of hydrogen-bond donors (Lipinski definition) is 3. The second-order valence-electron chi connectivity index (χ2n) is 7.67. The molecule has 2 aliphatic rings. The molecule has 4 rings (SSSR count). The molecule has 0 spiro atoms. The third-order valence-corrected chi connectivity index (χ3v) is 5.53. The summed E-state index contributed by atoms with van der Waals surface area (Å²) in [5.41, 5.74) is 2.15. The molecule has 0 radical (unpaired) electrons. The van der Waals surface area contributed by atoms with Crippen LogP contribution in [-0.2, 0) is 11.0 Å². The molecule has 1 aromatic heterocycles. The summed E-state index contributed by atoms with van der Waals surface area (Å²) in [6.45, 7) is 1.50. The lowest BCUT2D eigenvalue weighted by Crippen LogP contribution is -2.24. The zero-order valence-corrected chi connectivity index (χ0v) is 16.7. The first kappa shape index (κ1) is 21.1. The van der Waals surface area contributed by atoms with Gasteiger partial charge in [0.25, 0.3) is 5.56 Å². The Bertz CT molecular complexity index is 1100. The average molecular weight is 429 g/mol. The van der Waals surface area contributed by atoms with Crippen molar-refractivity contribution in [2.45, 2.75) is 31.5 Å². The summed E-state index contributed by atoms with van der Waals surface area (Å²) in [4.78, 5) is 27.3.